The summed E-state index contributed by atoms with van der Waals surface area (Å²) in [7, 11) is 1.90. The molecule has 0 aliphatic carbocycles. The van der Waals surface area contributed by atoms with E-state index in [1.165, 1.54) is 0 Å². The van der Waals surface area contributed by atoms with Crippen molar-refractivity contribution in [1.82, 2.24) is 20.0 Å². The molecule has 156 valence electrons. The second kappa shape index (κ2) is 8.97. The number of carbonyl (C=O) groups is 2. The highest BCUT2D eigenvalue weighted by Crippen LogP contribution is 2.24. The van der Waals surface area contributed by atoms with Crippen LogP contribution in [0.2, 0.25) is 0 Å². The van der Waals surface area contributed by atoms with Crippen LogP contribution in [0.5, 0.6) is 0 Å². The van der Waals surface area contributed by atoms with Crippen molar-refractivity contribution in [3.05, 3.63) is 46.8 Å². The normalized spacial score (nSPS) is 18.6. The van der Waals surface area contributed by atoms with Crippen molar-refractivity contribution < 1.29 is 9.59 Å². The molecular formula is C21H28ClN5O2. The third kappa shape index (κ3) is 4.31. The predicted molar refractivity (Wildman–Crippen MR) is 114 cm³/mol. The van der Waals surface area contributed by atoms with Gasteiger partial charge in [-0.15, -0.1) is 12.4 Å². The van der Waals surface area contributed by atoms with E-state index in [0.29, 0.717) is 25.3 Å². The van der Waals surface area contributed by atoms with Gasteiger partial charge in [-0.3, -0.25) is 14.3 Å². The van der Waals surface area contributed by atoms with Crippen molar-refractivity contribution in [3.8, 4) is 0 Å². The molecule has 8 heteroatoms. The molecule has 2 aliphatic heterocycles. The van der Waals surface area contributed by atoms with Crippen LogP contribution in [0.4, 0.5) is 5.69 Å². The van der Waals surface area contributed by atoms with Crippen molar-refractivity contribution in [2.45, 2.75) is 32.7 Å². The fourth-order valence-electron chi connectivity index (χ4n) is 4.17. The van der Waals surface area contributed by atoms with E-state index >= 15 is 0 Å². The molecule has 3 heterocycles. The lowest BCUT2D eigenvalue weighted by molar-refractivity contribution is -0.121. The number of nitrogens with zero attached hydrogens (tertiary/aromatic N) is 3. The van der Waals surface area contributed by atoms with E-state index in [1.807, 2.05) is 42.9 Å². The fourth-order valence-corrected chi connectivity index (χ4v) is 4.17. The molecule has 2 amide bonds. The summed E-state index contributed by atoms with van der Waals surface area (Å²) >= 11 is 0. The van der Waals surface area contributed by atoms with E-state index in [2.05, 4.69) is 15.7 Å². The van der Waals surface area contributed by atoms with Crippen LogP contribution >= 0.6 is 12.4 Å². The summed E-state index contributed by atoms with van der Waals surface area (Å²) in [5.41, 5.74) is 4.54. The molecule has 0 saturated carbocycles. The van der Waals surface area contributed by atoms with Crippen molar-refractivity contribution >= 4 is 29.9 Å². The third-order valence-electron chi connectivity index (χ3n) is 5.80. The molecule has 1 saturated heterocycles. The minimum Gasteiger partial charge on any atom is -0.336 e. The van der Waals surface area contributed by atoms with Gasteiger partial charge in [0.25, 0.3) is 5.91 Å². The largest absolute Gasteiger partial charge is 0.336 e. The van der Waals surface area contributed by atoms with E-state index in [4.69, 9.17) is 0 Å². The second-order valence-electron chi connectivity index (χ2n) is 7.72. The Morgan fingerprint density at radius 2 is 2.07 bits per heavy atom. The molecule has 1 unspecified atom stereocenters. The summed E-state index contributed by atoms with van der Waals surface area (Å²) in [5, 5.41) is 10.9. The molecule has 2 aliphatic rings. The lowest BCUT2D eigenvalue weighted by Gasteiger charge is -2.32. The summed E-state index contributed by atoms with van der Waals surface area (Å²) in [6.45, 7) is 4.67. The first-order valence-corrected chi connectivity index (χ1v) is 9.96. The first-order chi connectivity index (χ1) is 13.5. The molecule has 0 radical (unpaired) electrons. The maximum atomic E-state index is 13.2. The third-order valence-corrected chi connectivity index (χ3v) is 5.80. The van der Waals surface area contributed by atoms with Crippen molar-refractivity contribution in [2.24, 2.45) is 13.0 Å². The maximum absolute atomic E-state index is 13.2. The number of piperidine rings is 1. The Bertz CT molecular complexity index is 910. The molecule has 2 aromatic rings. The average Bonchev–Trinajstić information content (AvgIpc) is 3.06. The van der Waals surface area contributed by atoms with Gasteiger partial charge < -0.3 is 15.5 Å². The van der Waals surface area contributed by atoms with E-state index in [9.17, 15) is 9.59 Å². The predicted octanol–water partition coefficient (Wildman–Crippen LogP) is 2.29. The van der Waals surface area contributed by atoms with E-state index in [0.717, 1.165) is 48.3 Å². The zero-order valence-corrected chi connectivity index (χ0v) is 17.7. The topological polar surface area (TPSA) is 79.3 Å². The standard InChI is InChI=1S/C21H27N5O2.ClH/c1-14-6-3-4-8-17(14)23-20(27)15-7-5-11-26(13-15)21(28)19-16-12-22-10-9-18(16)25(2)24-19;/h3-4,6,8,15,22H,5,7,9-13H2,1-2H3,(H,23,27);1H. The molecule has 4 rings (SSSR count). The van der Waals surface area contributed by atoms with Crippen LogP contribution < -0.4 is 10.6 Å². The van der Waals surface area contributed by atoms with Crippen molar-refractivity contribution in [3.63, 3.8) is 0 Å². The number of hydrogen-bond acceptors (Lipinski definition) is 4. The second-order valence-corrected chi connectivity index (χ2v) is 7.72. The maximum Gasteiger partial charge on any atom is 0.274 e. The molecule has 1 aromatic carbocycles. The first-order valence-electron chi connectivity index (χ1n) is 9.96. The number of para-hydroxylation sites is 1. The van der Waals surface area contributed by atoms with Gasteiger partial charge in [0, 0.05) is 56.6 Å². The average molecular weight is 418 g/mol. The van der Waals surface area contributed by atoms with Crippen LogP contribution in [-0.2, 0) is 24.8 Å². The number of nitrogens with one attached hydrogen (secondary N) is 2. The Hall–Kier alpha value is -2.38. The van der Waals surface area contributed by atoms with Gasteiger partial charge in [0.1, 0.15) is 0 Å². The number of aromatic nitrogens is 2. The molecule has 1 fully saturated rings. The monoisotopic (exact) mass is 417 g/mol. The highest BCUT2D eigenvalue weighted by molar-refractivity contribution is 5.96. The number of anilines is 1. The zero-order valence-electron chi connectivity index (χ0n) is 16.9. The van der Waals surface area contributed by atoms with Gasteiger partial charge in [-0.25, -0.2) is 0 Å². The summed E-state index contributed by atoms with van der Waals surface area (Å²) < 4.78 is 1.83. The van der Waals surface area contributed by atoms with Gasteiger partial charge in [-0.2, -0.15) is 5.10 Å². The van der Waals surface area contributed by atoms with Crippen LogP contribution in [0.25, 0.3) is 0 Å². The fraction of sp³-hybridized carbons (Fsp3) is 0.476. The highest BCUT2D eigenvalue weighted by Gasteiger charge is 2.32. The zero-order chi connectivity index (χ0) is 19.7. The van der Waals surface area contributed by atoms with Gasteiger partial charge in [0.15, 0.2) is 5.69 Å². The van der Waals surface area contributed by atoms with Gasteiger partial charge in [-0.05, 0) is 31.4 Å². The summed E-state index contributed by atoms with van der Waals surface area (Å²) in [5.74, 6) is -0.277. The number of aryl methyl sites for hydroxylation is 2. The lowest BCUT2D eigenvalue weighted by atomic mass is 9.96. The molecule has 2 N–H and O–H groups in total. The molecular weight excluding hydrogens is 390 g/mol. The number of hydrogen-bond donors (Lipinski definition) is 2. The van der Waals surface area contributed by atoms with E-state index in [-0.39, 0.29) is 30.1 Å². The van der Waals surface area contributed by atoms with E-state index < -0.39 is 0 Å². The van der Waals surface area contributed by atoms with Gasteiger partial charge >= 0.3 is 0 Å². The smallest absolute Gasteiger partial charge is 0.274 e. The Morgan fingerprint density at radius 3 is 2.86 bits per heavy atom. The van der Waals surface area contributed by atoms with Crippen LogP contribution in [-0.4, -0.2) is 46.1 Å². The molecule has 1 aromatic heterocycles. The Kier molecular flexibility index (Phi) is 6.59. The number of likely N-dealkylation sites (tertiary alicyclic amines) is 1. The van der Waals surface area contributed by atoms with Crippen molar-refractivity contribution in [2.75, 3.05) is 25.0 Å². The summed E-state index contributed by atoms with van der Waals surface area (Å²) in [4.78, 5) is 27.7. The molecule has 0 spiro atoms. The van der Waals surface area contributed by atoms with Crippen LogP contribution in [0.1, 0.15) is 40.2 Å². The Morgan fingerprint density at radius 1 is 1.28 bits per heavy atom. The number of halogens is 1. The van der Waals surface area contributed by atoms with E-state index in [1.54, 1.807) is 4.90 Å². The van der Waals surface area contributed by atoms with Crippen LogP contribution in [0, 0.1) is 12.8 Å². The van der Waals surface area contributed by atoms with Crippen LogP contribution in [0.3, 0.4) is 0 Å². The number of carbonyl (C=O) groups excluding carboxylic acids is 2. The van der Waals surface area contributed by atoms with Gasteiger partial charge in [0.05, 0.1) is 5.92 Å². The summed E-state index contributed by atoms with van der Waals surface area (Å²) in [6.07, 6.45) is 2.50. The number of rotatable bonds is 3. The Labute approximate surface area is 177 Å². The number of fused-ring (bicyclic) bond motifs is 1. The lowest BCUT2D eigenvalue weighted by Crippen LogP contribution is -2.44. The molecule has 0 bridgehead atoms. The summed E-state index contributed by atoms with van der Waals surface area (Å²) in [6, 6.07) is 7.75. The van der Waals surface area contributed by atoms with Gasteiger partial charge in [0.2, 0.25) is 5.91 Å². The molecule has 7 nitrogen and oxygen atoms in total. The minimum absolute atomic E-state index is 0. The van der Waals surface area contributed by atoms with Crippen molar-refractivity contribution in [1.29, 1.82) is 0 Å². The Balaban J connectivity index is 0.00000240. The van der Waals surface area contributed by atoms with Crippen LogP contribution in [0.15, 0.2) is 24.3 Å². The SMILES string of the molecule is Cc1ccccc1NC(=O)C1CCCN(C(=O)c2nn(C)c3c2CNCC3)C1.Cl. The minimum atomic E-state index is -0.199. The highest BCUT2D eigenvalue weighted by atomic mass is 35.5. The first kappa shape index (κ1) is 21.3. The molecule has 1 atom stereocenters. The quantitative estimate of drug-likeness (QED) is 0.803. The van der Waals surface area contributed by atoms with Gasteiger partial charge in [-0.1, -0.05) is 18.2 Å². The molecule has 29 heavy (non-hydrogen) atoms. The number of benzene rings is 1. The number of amides is 2.